The van der Waals surface area contributed by atoms with Gasteiger partial charge in [0.25, 0.3) is 0 Å². The molecule has 18 heavy (non-hydrogen) atoms. The number of rotatable bonds is 4. The normalized spacial score (nSPS) is 10.6. The number of esters is 1. The van der Waals surface area contributed by atoms with Crippen molar-refractivity contribution in [3.63, 3.8) is 0 Å². The van der Waals surface area contributed by atoms with Crippen molar-refractivity contribution in [3.8, 4) is 0 Å². The fraction of sp³-hybridized carbons (Fsp3) is 0.167. The number of carboxylic acids is 1. The molecular formula is C12H12FNO4. The van der Waals surface area contributed by atoms with E-state index in [-0.39, 0.29) is 23.2 Å². The minimum Gasteiger partial charge on any atom is -0.478 e. The summed E-state index contributed by atoms with van der Waals surface area (Å²) < 4.78 is 17.9. The molecule has 0 heterocycles. The lowest BCUT2D eigenvalue weighted by atomic mass is 10.1. The Labute approximate surface area is 103 Å². The van der Waals surface area contributed by atoms with Gasteiger partial charge in [0.2, 0.25) is 0 Å². The number of carbonyl (C=O) groups is 2. The Balaban J connectivity index is 2.99. The number of anilines is 1. The number of benzene rings is 1. The second kappa shape index (κ2) is 5.81. The summed E-state index contributed by atoms with van der Waals surface area (Å²) in [6.07, 6.45) is 2.66. The quantitative estimate of drug-likeness (QED) is 0.629. The summed E-state index contributed by atoms with van der Waals surface area (Å²) >= 11 is 0. The number of carboxylic acid groups (broad SMARTS) is 1. The zero-order valence-corrected chi connectivity index (χ0v) is 9.64. The number of carbonyl (C=O) groups excluding carboxylic acids is 1. The fourth-order valence-corrected chi connectivity index (χ4v) is 1.28. The first-order valence-corrected chi connectivity index (χ1v) is 5.01. The molecule has 0 aliphatic carbocycles. The molecule has 0 atom stereocenters. The number of halogens is 1. The molecule has 5 nitrogen and oxygen atoms in total. The van der Waals surface area contributed by atoms with Gasteiger partial charge in [-0.3, -0.25) is 4.79 Å². The lowest BCUT2D eigenvalue weighted by molar-refractivity contribution is -0.139. The number of nitrogen functional groups attached to an aromatic ring is 1. The summed E-state index contributed by atoms with van der Waals surface area (Å²) in [5, 5.41) is 8.83. The molecule has 0 saturated heterocycles. The van der Waals surface area contributed by atoms with Crippen molar-refractivity contribution in [3.05, 3.63) is 35.2 Å². The van der Waals surface area contributed by atoms with E-state index in [1.165, 1.54) is 19.3 Å². The maximum atomic E-state index is 13.5. The SMILES string of the molecule is COC(=O)CC=Cc1cc(C(=O)O)c(N)cc1F. The molecule has 1 rings (SSSR count). The van der Waals surface area contributed by atoms with E-state index in [9.17, 15) is 14.0 Å². The molecule has 1 aromatic carbocycles. The second-order valence-corrected chi connectivity index (χ2v) is 3.45. The Bertz CT molecular complexity index is 511. The minimum absolute atomic E-state index is 0.0251. The molecule has 0 radical (unpaired) electrons. The first-order chi connectivity index (χ1) is 8.45. The molecule has 6 heteroatoms. The average Bonchev–Trinajstić information content (AvgIpc) is 2.31. The standard InChI is InChI=1S/C12H12FNO4/c1-18-11(15)4-2-3-7-5-8(12(16)17)10(14)6-9(7)13/h2-3,5-6H,4,14H2,1H3,(H,16,17). The first kappa shape index (κ1) is 13.7. The molecule has 0 spiro atoms. The van der Waals surface area contributed by atoms with Gasteiger partial charge in [0, 0.05) is 11.3 Å². The summed E-state index contributed by atoms with van der Waals surface area (Å²) in [4.78, 5) is 21.6. The number of aromatic carboxylic acids is 1. The van der Waals surface area contributed by atoms with Gasteiger partial charge in [0.05, 0.1) is 19.1 Å². The van der Waals surface area contributed by atoms with Crippen LogP contribution in [0.5, 0.6) is 0 Å². The van der Waals surface area contributed by atoms with Crippen LogP contribution in [0.2, 0.25) is 0 Å². The maximum absolute atomic E-state index is 13.5. The molecule has 0 fully saturated rings. The molecule has 0 bridgehead atoms. The molecule has 3 N–H and O–H groups in total. The summed E-state index contributed by atoms with van der Waals surface area (Å²) in [5.74, 6) is -2.37. The van der Waals surface area contributed by atoms with Crippen LogP contribution in [0, 0.1) is 5.82 Å². The second-order valence-electron chi connectivity index (χ2n) is 3.45. The Morgan fingerprint density at radius 1 is 1.50 bits per heavy atom. The van der Waals surface area contributed by atoms with Gasteiger partial charge in [-0.25, -0.2) is 9.18 Å². The van der Waals surface area contributed by atoms with Crippen LogP contribution in [0.25, 0.3) is 6.08 Å². The zero-order chi connectivity index (χ0) is 13.7. The van der Waals surface area contributed by atoms with E-state index in [0.717, 1.165) is 12.1 Å². The number of ether oxygens (including phenoxy) is 1. The highest BCUT2D eigenvalue weighted by Gasteiger charge is 2.11. The van der Waals surface area contributed by atoms with Crippen molar-refractivity contribution in [2.45, 2.75) is 6.42 Å². The highest BCUT2D eigenvalue weighted by Crippen LogP contribution is 2.19. The van der Waals surface area contributed by atoms with E-state index < -0.39 is 17.8 Å². The van der Waals surface area contributed by atoms with E-state index >= 15 is 0 Å². The highest BCUT2D eigenvalue weighted by atomic mass is 19.1. The van der Waals surface area contributed by atoms with Crippen molar-refractivity contribution in [2.75, 3.05) is 12.8 Å². The van der Waals surface area contributed by atoms with E-state index in [1.807, 2.05) is 0 Å². The summed E-state index contributed by atoms with van der Waals surface area (Å²) in [5.41, 5.74) is 5.08. The maximum Gasteiger partial charge on any atom is 0.337 e. The Kier molecular flexibility index (Phi) is 4.42. The number of methoxy groups -OCH3 is 1. The van der Waals surface area contributed by atoms with E-state index in [1.54, 1.807) is 0 Å². The summed E-state index contributed by atoms with van der Waals surface area (Å²) in [7, 11) is 1.24. The van der Waals surface area contributed by atoms with Gasteiger partial charge >= 0.3 is 11.9 Å². The Morgan fingerprint density at radius 2 is 2.17 bits per heavy atom. The van der Waals surface area contributed by atoms with Gasteiger partial charge in [-0.1, -0.05) is 12.2 Å². The van der Waals surface area contributed by atoms with Crippen LogP contribution in [-0.4, -0.2) is 24.2 Å². The minimum atomic E-state index is -1.24. The fourth-order valence-electron chi connectivity index (χ4n) is 1.28. The monoisotopic (exact) mass is 253 g/mol. The van der Waals surface area contributed by atoms with E-state index in [0.29, 0.717) is 0 Å². The van der Waals surface area contributed by atoms with E-state index in [4.69, 9.17) is 10.8 Å². The van der Waals surface area contributed by atoms with Crippen LogP contribution in [0.15, 0.2) is 18.2 Å². The predicted molar refractivity (Wildman–Crippen MR) is 63.4 cm³/mol. The molecule has 0 saturated carbocycles. The van der Waals surface area contributed by atoms with Gasteiger partial charge in [-0.2, -0.15) is 0 Å². The van der Waals surface area contributed by atoms with Crippen LogP contribution < -0.4 is 5.73 Å². The highest BCUT2D eigenvalue weighted by molar-refractivity contribution is 5.94. The number of hydrogen-bond acceptors (Lipinski definition) is 4. The van der Waals surface area contributed by atoms with Crippen molar-refractivity contribution < 1.29 is 23.8 Å². The third-order valence-electron chi connectivity index (χ3n) is 2.21. The van der Waals surface area contributed by atoms with Gasteiger partial charge in [-0.15, -0.1) is 0 Å². The van der Waals surface area contributed by atoms with E-state index in [2.05, 4.69) is 4.74 Å². The van der Waals surface area contributed by atoms with Crippen molar-refractivity contribution in [2.24, 2.45) is 0 Å². The molecule has 0 aliphatic rings. The summed E-state index contributed by atoms with van der Waals surface area (Å²) in [6, 6.07) is 2.04. The lowest BCUT2D eigenvalue weighted by Gasteiger charge is -2.03. The topological polar surface area (TPSA) is 89.6 Å². The average molecular weight is 253 g/mol. The van der Waals surface area contributed by atoms with Gasteiger partial charge in [0.1, 0.15) is 5.82 Å². The van der Waals surface area contributed by atoms with Crippen LogP contribution in [0.4, 0.5) is 10.1 Å². The largest absolute Gasteiger partial charge is 0.478 e. The molecular weight excluding hydrogens is 241 g/mol. The molecule has 0 unspecified atom stereocenters. The molecule has 96 valence electrons. The van der Waals surface area contributed by atoms with Gasteiger partial charge in [0.15, 0.2) is 0 Å². The van der Waals surface area contributed by atoms with Crippen molar-refractivity contribution >= 4 is 23.7 Å². The third-order valence-corrected chi connectivity index (χ3v) is 2.21. The van der Waals surface area contributed by atoms with Crippen molar-refractivity contribution in [1.29, 1.82) is 0 Å². The Morgan fingerprint density at radius 3 is 2.72 bits per heavy atom. The molecule has 0 aromatic heterocycles. The Hall–Kier alpha value is -2.37. The summed E-state index contributed by atoms with van der Waals surface area (Å²) in [6.45, 7) is 0. The van der Waals surface area contributed by atoms with Crippen LogP contribution in [0.3, 0.4) is 0 Å². The van der Waals surface area contributed by atoms with Gasteiger partial charge < -0.3 is 15.6 Å². The van der Waals surface area contributed by atoms with Crippen LogP contribution in [0.1, 0.15) is 22.3 Å². The zero-order valence-electron chi connectivity index (χ0n) is 9.64. The number of hydrogen-bond donors (Lipinski definition) is 2. The predicted octanol–water partition coefficient (Wildman–Crippen LogP) is 1.68. The smallest absolute Gasteiger partial charge is 0.337 e. The van der Waals surface area contributed by atoms with Crippen LogP contribution in [-0.2, 0) is 9.53 Å². The third kappa shape index (κ3) is 3.31. The lowest BCUT2D eigenvalue weighted by Crippen LogP contribution is -2.04. The number of nitrogens with two attached hydrogens (primary N) is 1. The molecule has 0 aliphatic heterocycles. The first-order valence-electron chi connectivity index (χ1n) is 5.01. The molecule has 1 aromatic rings. The van der Waals surface area contributed by atoms with Crippen molar-refractivity contribution in [1.82, 2.24) is 0 Å². The van der Waals surface area contributed by atoms with Crippen LogP contribution >= 0.6 is 0 Å². The van der Waals surface area contributed by atoms with Gasteiger partial charge in [-0.05, 0) is 12.1 Å². The molecule has 0 amide bonds.